The van der Waals surface area contributed by atoms with Crippen LogP contribution in [0.25, 0.3) is 0 Å². The number of aliphatic imine (C=N–C) groups is 1. The smallest absolute Gasteiger partial charge is 0.190 e. The quantitative estimate of drug-likeness (QED) is 0.381. The molecule has 0 aromatic carbocycles. The molecule has 148 valence electrons. The van der Waals surface area contributed by atoms with Crippen molar-refractivity contribution >= 4 is 5.96 Å². The van der Waals surface area contributed by atoms with Gasteiger partial charge in [0.15, 0.2) is 5.96 Å². The number of hydrogen-bond donors (Lipinski definition) is 2. The molecule has 1 aromatic heterocycles. The topological polar surface area (TPSA) is 67.1 Å². The van der Waals surface area contributed by atoms with Crippen molar-refractivity contribution in [3.63, 3.8) is 0 Å². The third kappa shape index (κ3) is 7.34. The summed E-state index contributed by atoms with van der Waals surface area (Å²) < 4.78 is 2.32. The SMILES string of the molecule is CN=C(NCCCCCCC(C)C)NCCc1nnc2n1CCCCC2. The number of aromatic nitrogens is 3. The summed E-state index contributed by atoms with van der Waals surface area (Å²) in [6.07, 6.45) is 12.3. The first-order valence-electron chi connectivity index (χ1n) is 10.6. The third-order valence-corrected chi connectivity index (χ3v) is 5.05. The molecule has 0 atom stereocenters. The predicted molar refractivity (Wildman–Crippen MR) is 109 cm³/mol. The Morgan fingerprint density at radius 1 is 1.04 bits per heavy atom. The number of rotatable bonds is 10. The van der Waals surface area contributed by atoms with Crippen molar-refractivity contribution in [1.82, 2.24) is 25.4 Å². The standard InChI is InChI=1S/C20H38N6/c1-17(2)11-7-4-5-9-14-22-20(21-3)23-15-13-19-25-24-18-12-8-6-10-16-26(18)19/h17H,4-16H2,1-3H3,(H2,21,22,23). The zero-order chi connectivity index (χ0) is 18.6. The molecule has 0 bridgehead atoms. The van der Waals surface area contributed by atoms with E-state index in [1.165, 1.54) is 51.4 Å². The van der Waals surface area contributed by atoms with Crippen molar-refractivity contribution in [2.45, 2.75) is 84.6 Å². The van der Waals surface area contributed by atoms with Gasteiger partial charge in [0.05, 0.1) is 0 Å². The molecule has 1 aliphatic heterocycles. The fraction of sp³-hybridized carbons (Fsp3) is 0.850. The Hall–Kier alpha value is -1.59. The Labute approximate surface area is 159 Å². The maximum atomic E-state index is 4.39. The average molecular weight is 363 g/mol. The van der Waals surface area contributed by atoms with Crippen LogP contribution in [0.5, 0.6) is 0 Å². The number of guanidine groups is 1. The average Bonchev–Trinajstić information content (AvgIpc) is 2.86. The van der Waals surface area contributed by atoms with Gasteiger partial charge in [-0.15, -0.1) is 10.2 Å². The van der Waals surface area contributed by atoms with E-state index in [0.717, 1.165) is 56.0 Å². The lowest BCUT2D eigenvalue weighted by Gasteiger charge is -2.12. The van der Waals surface area contributed by atoms with Crippen molar-refractivity contribution < 1.29 is 0 Å². The summed E-state index contributed by atoms with van der Waals surface area (Å²) in [5.74, 6) is 3.99. The first-order chi connectivity index (χ1) is 12.7. The van der Waals surface area contributed by atoms with Crippen LogP contribution < -0.4 is 10.6 Å². The number of nitrogens with one attached hydrogen (secondary N) is 2. The van der Waals surface area contributed by atoms with E-state index in [1.807, 2.05) is 7.05 Å². The van der Waals surface area contributed by atoms with Gasteiger partial charge in [-0.1, -0.05) is 46.0 Å². The van der Waals surface area contributed by atoms with E-state index in [9.17, 15) is 0 Å². The number of fused-ring (bicyclic) bond motifs is 1. The Bertz CT molecular complexity index is 534. The van der Waals surface area contributed by atoms with E-state index < -0.39 is 0 Å². The highest BCUT2D eigenvalue weighted by Crippen LogP contribution is 2.14. The lowest BCUT2D eigenvalue weighted by Crippen LogP contribution is -2.39. The summed E-state index contributed by atoms with van der Waals surface area (Å²) in [6.45, 7) is 7.50. The first-order valence-corrected chi connectivity index (χ1v) is 10.6. The maximum Gasteiger partial charge on any atom is 0.190 e. The van der Waals surface area contributed by atoms with Crippen molar-refractivity contribution in [3.05, 3.63) is 11.6 Å². The Kier molecular flexibility index (Phi) is 9.50. The van der Waals surface area contributed by atoms with E-state index in [0.29, 0.717) is 0 Å². The van der Waals surface area contributed by atoms with E-state index in [4.69, 9.17) is 0 Å². The molecule has 0 fully saturated rings. The Balaban J connectivity index is 1.60. The van der Waals surface area contributed by atoms with Gasteiger partial charge in [0.1, 0.15) is 11.6 Å². The summed E-state index contributed by atoms with van der Waals surface area (Å²) in [5.41, 5.74) is 0. The normalized spacial score (nSPS) is 15.0. The van der Waals surface area contributed by atoms with Crippen LogP contribution in [-0.2, 0) is 19.4 Å². The van der Waals surface area contributed by atoms with Crippen LogP contribution in [0, 0.1) is 5.92 Å². The van der Waals surface area contributed by atoms with Crippen LogP contribution in [0.4, 0.5) is 0 Å². The van der Waals surface area contributed by atoms with Gasteiger partial charge in [-0.25, -0.2) is 0 Å². The summed E-state index contributed by atoms with van der Waals surface area (Å²) in [6, 6.07) is 0. The Morgan fingerprint density at radius 3 is 2.65 bits per heavy atom. The van der Waals surface area contributed by atoms with Crippen molar-refractivity contribution in [1.29, 1.82) is 0 Å². The van der Waals surface area contributed by atoms with Gasteiger partial charge in [0.25, 0.3) is 0 Å². The lowest BCUT2D eigenvalue weighted by molar-refractivity contribution is 0.518. The molecule has 1 aromatic rings. The molecule has 0 amide bonds. The number of hydrogen-bond acceptors (Lipinski definition) is 3. The number of nitrogens with zero attached hydrogens (tertiary/aromatic N) is 4. The monoisotopic (exact) mass is 362 g/mol. The summed E-state index contributed by atoms with van der Waals surface area (Å²) >= 11 is 0. The summed E-state index contributed by atoms with van der Waals surface area (Å²) in [7, 11) is 1.83. The fourth-order valence-corrected chi connectivity index (χ4v) is 3.48. The molecule has 0 spiro atoms. The molecule has 1 aliphatic rings. The van der Waals surface area contributed by atoms with Crippen LogP contribution in [0.3, 0.4) is 0 Å². The van der Waals surface area contributed by atoms with Gasteiger partial charge in [-0.3, -0.25) is 4.99 Å². The molecule has 26 heavy (non-hydrogen) atoms. The third-order valence-electron chi connectivity index (χ3n) is 5.05. The van der Waals surface area contributed by atoms with E-state index >= 15 is 0 Å². The molecule has 0 saturated heterocycles. The van der Waals surface area contributed by atoms with Gasteiger partial charge < -0.3 is 15.2 Å². The molecule has 0 radical (unpaired) electrons. The minimum absolute atomic E-state index is 0.830. The molecule has 0 unspecified atom stereocenters. The van der Waals surface area contributed by atoms with Gasteiger partial charge in [0, 0.05) is 39.5 Å². The van der Waals surface area contributed by atoms with Gasteiger partial charge in [0.2, 0.25) is 0 Å². The second kappa shape index (κ2) is 11.9. The number of aryl methyl sites for hydroxylation is 1. The van der Waals surface area contributed by atoms with E-state index in [2.05, 4.69) is 44.2 Å². The maximum absolute atomic E-state index is 4.39. The molecular weight excluding hydrogens is 324 g/mol. The molecule has 6 nitrogen and oxygen atoms in total. The zero-order valence-electron chi connectivity index (χ0n) is 17.1. The van der Waals surface area contributed by atoms with Crippen LogP contribution in [0.15, 0.2) is 4.99 Å². The molecule has 6 heteroatoms. The summed E-state index contributed by atoms with van der Waals surface area (Å²) in [4.78, 5) is 4.32. The van der Waals surface area contributed by atoms with Crippen LogP contribution in [0.1, 0.15) is 76.9 Å². The van der Waals surface area contributed by atoms with Crippen LogP contribution in [0.2, 0.25) is 0 Å². The molecule has 0 saturated carbocycles. The fourth-order valence-electron chi connectivity index (χ4n) is 3.48. The second-order valence-electron chi connectivity index (χ2n) is 7.77. The van der Waals surface area contributed by atoms with E-state index in [-0.39, 0.29) is 0 Å². The van der Waals surface area contributed by atoms with Gasteiger partial charge in [-0.2, -0.15) is 0 Å². The van der Waals surface area contributed by atoms with E-state index in [1.54, 1.807) is 0 Å². The Morgan fingerprint density at radius 2 is 1.85 bits per heavy atom. The molecule has 2 rings (SSSR count). The highest BCUT2D eigenvalue weighted by molar-refractivity contribution is 5.79. The van der Waals surface area contributed by atoms with Crippen LogP contribution in [-0.4, -0.2) is 40.9 Å². The highest BCUT2D eigenvalue weighted by Gasteiger charge is 2.14. The minimum atomic E-state index is 0.830. The van der Waals surface area contributed by atoms with Crippen LogP contribution >= 0.6 is 0 Å². The minimum Gasteiger partial charge on any atom is -0.356 e. The summed E-state index contributed by atoms with van der Waals surface area (Å²) in [5, 5.41) is 15.6. The first kappa shape index (κ1) is 20.7. The van der Waals surface area contributed by atoms with Gasteiger partial charge >= 0.3 is 0 Å². The van der Waals surface area contributed by atoms with Gasteiger partial charge in [-0.05, 0) is 25.2 Å². The molecule has 0 aliphatic carbocycles. The van der Waals surface area contributed by atoms with Crippen molar-refractivity contribution in [2.24, 2.45) is 10.9 Å². The molecule has 2 heterocycles. The zero-order valence-corrected chi connectivity index (χ0v) is 17.1. The van der Waals surface area contributed by atoms with Crippen molar-refractivity contribution in [2.75, 3.05) is 20.1 Å². The largest absolute Gasteiger partial charge is 0.356 e. The number of unbranched alkanes of at least 4 members (excludes halogenated alkanes) is 3. The van der Waals surface area contributed by atoms with Crippen molar-refractivity contribution in [3.8, 4) is 0 Å². The second-order valence-corrected chi connectivity index (χ2v) is 7.77. The molecular formula is C20H38N6. The highest BCUT2D eigenvalue weighted by atomic mass is 15.3. The predicted octanol–water partition coefficient (Wildman–Crippen LogP) is 3.32. The molecule has 2 N–H and O–H groups in total. The lowest BCUT2D eigenvalue weighted by atomic mass is 10.0.